The summed E-state index contributed by atoms with van der Waals surface area (Å²) in [6, 6.07) is 6.08. The molecule has 0 aromatic heterocycles. The van der Waals surface area contributed by atoms with Crippen molar-refractivity contribution in [2.24, 2.45) is 11.8 Å². The minimum absolute atomic E-state index is 0.00331. The predicted octanol–water partition coefficient (Wildman–Crippen LogP) is 1.34. The van der Waals surface area contributed by atoms with E-state index < -0.39 is 35.6 Å². The number of anilines is 1. The van der Waals surface area contributed by atoms with E-state index in [1.165, 1.54) is 4.90 Å². The highest BCUT2D eigenvalue weighted by Gasteiger charge is 2.74. The first kappa shape index (κ1) is 22.5. The van der Waals surface area contributed by atoms with E-state index in [9.17, 15) is 19.5 Å². The van der Waals surface area contributed by atoms with E-state index in [0.717, 1.165) is 0 Å². The molecule has 5 atom stereocenters. The number of likely N-dealkylation sites (tertiary alicyclic amines) is 1. The van der Waals surface area contributed by atoms with E-state index in [1.54, 1.807) is 38.3 Å². The molecule has 174 valence electrons. The van der Waals surface area contributed by atoms with Crippen LogP contribution in [0.4, 0.5) is 5.69 Å². The van der Waals surface area contributed by atoms with Gasteiger partial charge in [0.05, 0.1) is 31.7 Å². The number of nitrogens with zero attached hydrogens (tertiary/aromatic N) is 1. The van der Waals surface area contributed by atoms with E-state index in [1.807, 2.05) is 0 Å². The van der Waals surface area contributed by atoms with Crippen LogP contribution in [0.25, 0.3) is 0 Å². The molecule has 2 bridgehead atoms. The van der Waals surface area contributed by atoms with Crippen molar-refractivity contribution in [2.45, 2.75) is 50.4 Å². The number of hydrogen-bond acceptors (Lipinski definition) is 7. The van der Waals surface area contributed by atoms with Crippen molar-refractivity contribution in [1.29, 1.82) is 0 Å². The van der Waals surface area contributed by atoms with E-state index in [2.05, 4.69) is 5.32 Å². The molecule has 0 saturated carbocycles. The van der Waals surface area contributed by atoms with Crippen molar-refractivity contribution in [1.82, 2.24) is 4.90 Å². The molecule has 1 aromatic carbocycles. The molecule has 0 aliphatic carbocycles. The second-order valence-electron chi connectivity index (χ2n) is 8.49. The number of aliphatic hydroxyl groups excluding tert-OH is 1. The highest BCUT2D eigenvalue weighted by Crippen LogP contribution is 2.58. The first-order chi connectivity index (χ1) is 15.5. The summed E-state index contributed by atoms with van der Waals surface area (Å²) in [5.41, 5.74) is -0.470. The van der Waals surface area contributed by atoms with E-state index >= 15 is 0 Å². The Morgan fingerprint density at radius 2 is 2.03 bits per heavy atom. The van der Waals surface area contributed by atoms with Crippen LogP contribution in [-0.4, -0.2) is 72.4 Å². The van der Waals surface area contributed by atoms with Crippen LogP contribution in [0.3, 0.4) is 0 Å². The summed E-state index contributed by atoms with van der Waals surface area (Å²) in [7, 11) is 1.56. The fraction of sp³-hybridized carbons (Fsp3) is 0.609. The molecular formula is C23H30N2O7. The third kappa shape index (κ3) is 3.63. The number of rotatable bonds is 9. The highest BCUT2D eigenvalue weighted by molar-refractivity contribution is 6.03. The van der Waals surface area contributed by atoms with Crippen molar-refractivity contribution in [2.75, 3.05) is 32.2 Å². The summed E-state index contributed by atoms with van der Waals surface area (Å²) >= 11 is 0. The number of fused-ring (bicyclic) bond motifs is 1. The first-order valence-corrected chi connectivity index (χ1v) is 11.2. The van der Waals surface area contributed by atoms with Crippen molar-refractivity contribution in [3.8, 4) is 5.75 Å². The van der Waals surface area contributed by atoms with Crippen LogP contribution < -0.4 is 10.1 Å². The van der Waals surface area contributed by atoms with Gasteiger partial charge in [0.15, 0.2) is 0 Å². The van der Waals surface area contributed by atoms with Gasteiger partial charge in [-0.15, -0.1) is 0 Å². The number of ether oxygens (including phenoxy) is 3. The van der Waals surface area contributed by atoms with Crippen LogP contribution in [0.15, 0.2) is 24.3 Å². The zero-order chi connectivity index (χ0) is 22.9. The first-order valence-electron chi connectivity index (χ1n) is 11.2. The number of aliphatic hydroxyl groups is 1. The van der Waals surface area contributed by atoms with Gasteiger partial charge < -0.3 is 29.5 Å². The topological polar surface area (TPSA) is 114 Å². The lowest BCUT2D eigenvalue weighted by molar-refractivity contribution is -0.154. The van der Waals surface area contributed by atoms with Crippen molar-refractivity contribution < 1.29 is 33.7 Å². The van der Waals surface area contributed by atoms with Gasteiger partial charge in [-0.05, 0) is 56.9 Å². The molecule has 4 rings (SSSR count). The van der Waals surface area contributed by atoms with Gasteiger partial charge in [0.25, 0.3) is 0 Å². The van der Waals surface area contributed by atoms with Gasteiger partial charge in [0.1, 0.15) is 17.4 Å². The second-order valence-corrected chi connectivity index (χ2v) is 8.49. The fourth-order valence-electron chi connectivity index (χ4n) is 5.48. The molecule has 32 heavy (non-hydrogen) atoms. The Morgan fingerprint density at radius 1 is 1.28 bits per heavy atom. The molecule has 3 fully saturated rings. The van der Waals surface area contributed by atoms with Gasteiger partial charge in [-0.2, -0.15) is 0 Å². The summed E-state index contributed by atoms with van der Waals surface area (Å²) in [5, 5.41) is 12.1. The van der Waals surface area contributed by atoms with Gasteiger partial charge in [-0.25, -0.2) is 0 Å². The molecule has 2 amide bonds. The fourth-order valence-corrected chi connectivity index (χ4v) is 5.48. The number of methoxy groups -OCH3 is 1. The second kappa shape index (κ2) is 9.07. The Hall–Kier alpha value is -2.65. The number of esters is 1. The van der Waals surface area contributed by atoms with Crippen LogP contribution in [0.5, 0.6) is 5.75 Å². The molecule has 2 N–H and O–H groups in total. The lowest BCUT2D eigenvalue weighted by atomic mass is 9.71. The summed E-state index contributed by atoms with van der Waals surface area (Å²) in [4.78, 5) is 41.2. The zero-order valence-electron chi connectivity index (χ0n) is 18.4. The molecule has 3 heterocycles. The Kier molecular flexibility index (Phi) is 6.39. The van der Waals surface area contributed by atoms with Gasteiger partial charge in [-0.3, -0.25) is 14.4 Å². The largest absolute Gasteiger partial charge is 0.497 e. The summed E-state index contributed by atoms with van der Waals surface area (Å²) in [6.07, 6.45) is 1.77. The predicted molar refractivity (Wildman–Crippen MR) is 114 cm³/mol. The quantitative estimate of drug-likeness (QED) is 0.435. The van der Waals surface area contributed by atoms with Crippen molar-refractivity contribution in [3.63, 3.8) is 0 Å². The van der Waals surface area contributed by atoms with Crippen LogP contribution >= 0.6 is 0 Å². The maximum Gasteiger partial charge on any atom is 0.312 e. The van der Waals surface area contributed by atoms with Crippen LogP contribution in [0, 0.1) is 11.8 Å². The van der Waals surface area contributed by atoms with Crippen LogP contribution in [0.2, 0.25) is 0 Å². The number of unbranched alkanes of at least 4 members (excludes halogenated alkanes) is 1. The minimum atomic E-state index is -1.05. The van der Waals surface area contributed by atoms with Crippen LogP contribution in [0.1, 0.15) is 32.6 Å². The zero-order valence-corrected chi connectivity index (χ0v) is 18.4. The van der Waals surface area contributed by atoms with Crippen molar-refractivity contribution in [3.05, 3.63) is 24.3 Å². The van der Waals surface area contributed by atoms with Gasteiger partial charge in [0, 0.05) is 18.8 Å². The number of amides is 2. The number of carbonyl (C=O) groups excluding carboxylic acids is 3. The van der Waals surface area contributed by atoms with Gasteiger partial charge in [0.2, 0.25) is 11.8 Å². The van der Waals surface area contributed by atoms with Gasteiger partial charge >= 0.3 is 5.97 Å². The van der Waals surface area contributed by atoms with E-state index in [4.69, 9.17) is 14.2 Å². The number of benzene rings is 1. The SMILES string of the molecule is CCOC(=O)[C@@H]1[C@@H]2CCC3(O2)C(C(=O)Nc2ccc(OC)cc2)N(CCCCO)C(=O)[C@H]13. The molecule has 1 spiro atoms. The van der Waals surface area contributed by atoms with E-state index in [-0.39, 0.29) is 25.0 Å². The highest BCUT2D eigenvalue weighted by atomic mass is 16.6. The minimum Gasteiger partial charge on any atom is -0.497 e. The molecule has 2 unspecified atom stereocenters. The molecule has 3 aliphatic rings. The Labute approximate surface area is 187 Å². The smallest absolute Gasteiger partial charge is 0.312 e. The molecular weight excluding hydrogens is 416 g/mol. The molecule has 9 heteroatoms. The lowest BCUT2D eigenvalue weighted by Gasteiger charge is -2.33. The van der Waals surface area contributed by atoms with Gasteiger partial charge in [-0.1, -0.05) is 0 Å². The third-order valence-electron chi connectivity index (χ3n) is 6.77. The van der Waals surface area contributed by atoms with Crippen LogP contribution in [-0.2, 0) is 23.9 Å². The Morgan fingerprint density at radius 3 is 2.69 bits per heavy atom. The summed E-state index contributed by atoms with van der Waals surface area (Å²) in [5.74, 6) is -1.81. The number of carbonyl (C=O) groups is 3. The summed E-state index contributed by atoms with van der Waals surface area (Å²) < 4.78 is 16.7. The average molecular weight is 447 g/mol. The lowest BCUT2D eigenvalue weighted by Crippen LogP contribution is -2.53. The normalized spacial score (nSPS) is 30.3. The third-order valence-corrected chi connectivity index (χ3v) is 6.77. The Balaban J connectivity index is 1.63. The molecule has 9 nitrogen and oxygen atoms in total. The molecule has 3 saturated heterocycles. The van der Waals surface area contributed by atoms with E-state index in [0.29, 0.717) is 43.7 Å². The average Bonchev–Trinajstić information content (AvgIpc) is 3.42. The number of nitrogens with one attached hydrogen (secondary N) is 1. The maximum atomic E-state index is 13.5. The van der Waals surface area contributed by atoms with Crippen molar-refractivity contribution >= 4 is 23.5 Å². The molecule has 0 radical (unpaired) electrons. The molecule has 3 aliphatic heterocycles. The monoisotopic (exact) mass is 446 g/mol. The molecule has 1 aromatic rings. The Bertz CT molecular complexity index is 874. The number of hydrogen-bond donors (Lipinski definition) is 2. The summed E-state index contributed by atoms with van der Waals surface area (Å²) in [6.45, 7) is 2.26. The maximum absolute atomic E-state index is 13.5. The standard InChI is InChI=1S/C23H30N2O7/c1-3-31-22(29)17-16-10-11-23(32-16)18(17)21(28)25(12-4-5-13-26)19(23)20(27)24-14-6-8-15(30-2)9-7-14/h6-9,16-19,26H,3-5,10-13H2,1-2H3,(H,24,27)/t16-,17+,18-,19?,23?/m0/s1.